The van der Waals surface area contributed by atoms with Gasteiger partial charge in [-0.15, -0.1) is 5.10 Å². The van der Waals surface area contributed by atoms with Crippen LogP contribution < -0.4 is 10.5 Å². The molecule has 19 heavy (non-hydrogen) atoms. The number of hydrogen-bond acceptors (Lipinski definition) is 5. The first kappa shape index (κ1) is 14.4. The molecule has 108 valence electrons. The van der Waals surface area contributed by atoms with Crippen LogP contribution in [0.5, 0.6) is 0 Å². The first-order valence-corrected chi connectivity index (χ1v) is 7.85. The van der Waals surface area contributed by atoms with Gasteiger partial charge in [0.05, 0.1) is 12.7 Å². The monoisotopic (exact) mass is 288 g/mol. The van der Waals surface area contributed by atoms with Crippen molar-refractivity contribution in [3.63, 3.8) is 0 Å². The highest BCUT2D eigenvalue weighted by atomic mass is 32.2. The Hall–Kier alpha value is -1.03. The normalized spacial score (nSPS) is 18.8. The molecule has 1 aromatic heterocycles. The maximum atomic E-state index is 12.0. The van der Waals surface area contributed by atoms with Gasteiger partial charge in [-0.1, -0.05) is 5.21 Å². The maximum Gasteiger partial charge on any atom is 0.279 e. The van der Waals surface area contributed by atoms with Gasteiger partial charge in [-0.05, 0) is 25.3 Å². The molecule has 0 amide bonds. The third kappa shape index (κ3) is 3.96. The average Bonchev–Trinajstić information content (AvgIpc) is 2.92. The van der Waals surface area contributed by atoms with E-state index < -0.39 is 10.2 Å². The van der Waals surface area contributed by atoms with Crippen molar-refractivity contribution < 1.29 is 8.42 Å². The number of piperidine rings is 1. The topological polar surface area (TPSA) is 106 Å². The molecule has 0 aliphatic carbocycles. The molecule has 0 radical (unpaired) electrons. The van der Waals surface area contributed by atoms with Crippen LogP contribution in [0.25, 0.3) is 0 Å². The van der Waals surface area contributed by atoms with Gasteiger partial charge in [0.1, 0.15) is 0 Å². The van der Waals surface area contributed by atoms with Gasteiger partial charge in [-0.25, -0.2) is 4.72 Å². The van der Waals surface area contributed by atoms with E-state index in [-0.39, 0.29) is 0 Å². The summed E-state index contributed by atoms with van der Waals surface area (Å²) in [4.78, 5) is 0. The molecule has 1 aliphatic rings. The standard InChI is InChI=1S/C10H20N6O2S/c11-9-10-1-5-16(6-2-10)19(17,18)13-4-8-15-7-3-12-14-15/h3,7,10,13H,1-2,4-6,8-9,11H2. The molecule has 2 heterocycles. The summed E-state index contributed by atoms with van der Waals surface area (Å²) < 4.78 is 29.7. The highest BCUT2D eigenvalue weighted by Gasteiger charge is 2.26. The van der Waals surface area contributed by atoms with Crippen LogP contribution in [0.15, 0.2) is 12.4 Å². The molecule has 0 aromatic carbocycles. The zero-order valence-corrected chi connectivity index (χ0v) is 11.6. The number of nitrogens with zero attached hydrogens (tertiary/aromatic N) is 4. The molecule has 9 heteroatoms. The summed E-state index contributed by atoms with van der Waals surface area (Å²) in [6.07, 6.45) is 4.92. The van der Waals surface area contributed by atoms with Crippen LogP contribution in [0.2, 0.25) is 0 Å². The molecule has 1 aromatic rings. The molecule has 0 spiro atoms. The second-order valence-corrected chi connectivity index (χ2v) is 6.40. The molecule has 1 aliphatic heterocycles. The molecular weight excluding hydrogens is 268 g/mol. The van der Waals surface area contributed by atoms with Crippen molar-refractivity contribution in [2.75, 3.05) is 26.2 Å². The Labute approximate surface area is 113 Å². The van der Waals surface area contributed by atoms with Crippen molar-refractivity contribution in [1.82, 2.24) is 24.0 Å². The molecular formula is C10H20N6O2S. The fraction of sp³-hybridized carbons (Fsp3) is 0.800. The lowest BCUT2D eigenvalue weighted by atomic mass is 9.99. The maximum absolute atomic E-state index is 12.0. The average molecular weight is 288 g/mol. The van der Waals surface area contributed by atoms with Gasteiger partial charge in [-0.3, -0.25) is 4.68 Å². The summed E-state index contributed by atoms with van der Waals surface area (Å²) in [5, 5.41) is 7.43. The van der Waals surface area contributed by atoms with Crippen LogP contribution >= 0.6 is 0 Å². The van der Waals surface area contributed by atoms with Crippen molar-refractivity contribution in [3.8, 4) is 0 Å². The number of rotatable bonds is 6. The Bertz CT molecular complexity index is 466. The minimum absolute atomic E-state index is 0.308. The molecule has 1 fully saturated rings. The number of nitrogens with two attached hydrogens (primary N) is 1. The first-order valence-electron chi connectivity index (χ1n) is 6.40. The fourth-order valence-electron chi connectivity index (χ4n) is 2.12. The van der Waals surface area contributed by atoms with Gasteiger partial charge in [0.15, 0.2) is 0 Å². The number of hydrogen-bond donors (Lipinski definition) is 2. The van der Waals surface area contributed by atoms with E-state index in [4.69, 9.17) is 5.73 Å². The van der Waals surface area contributed by atoms with E-state index >= 15 is 0 Å². The smallest absolute Gasteiger partial charge is 0.279 e. The lowest BCUT2D eigenvalue weighted by Crippen LogP contribution is -2.46. The van der Waals surface area contributed by atoms with Crippen molar-refractivity contribution in [2.24, 2.45) is 11.7 Å². The van der Waals surface area contributed by atoms with Crippen LogP contribution in [-0.2, 0) is 16.8 Å². The van der Waals surface area contributed by atoms with Crippen molar-refractivity contribution >= 4 is 10.2 Å². The summed E-state index contributed by atoms with van der Waals surface area (Å²) in [5.41, 5.74) is 5.59. The highest BCUT2D eigenvalue weighted by Crippen LogP contribution is 2.17. The van der Waals surface area contributed by atoms with E-state index in [1.165, 1.54) is 4.31 Å². The van der Waals surface area contributed by atoms with Gasteiger partial charge in [-0.2, -0.15) is 12.7 Å². The van der Waals surface area contributed by atoms with Crippen molar-refractivity contribution in [3.05, 3.63) is 12.4 Å². The Kier molecular flexibility index (Phi) is 4.86. The summed E-state index contributed by atoms with van der Waals surface area (Å²) in [6.45, 7) is 2.50. The molecule has 0 atom stereocenters. The zero-order chi connectivity index (χ0) is 13.7. The predicted molar refractivity (Wildman–Crippen MR) is 70.3 cm³/mol. The third-order valence-corrected chi connectivity index (χ3v) is 4.96. The van der Waals surface area contributed by atoms with E-state index in [2.05, 4.69) is 15.0 Å². The Morgan fingerprint density at radius 2 is 2.11 bits per heavy atom. The summed E-state index contributed by atoms with van der Waals surface area (Å²) >= 11 is 0. The van der Waals surface area contributed by atoms with Crippen LogP contribution in [0.1, 0.15) is 12.8 Å². The predicted octanol–water partition coefficient (Wildman–Crippen LogP) is -1.22. The van der Waals surface area contributed by atoms with Gasteiger partial charge >= 0.3 is 0 Å². The van der Waals surface area contributed by atoms with Gasteiger partial charge < -0.3 is 5.73 Å². The largest absolute Gasteiger partial charge is 0.330 e. The Morgan fingerprint density at radius 1 is 1.37 bits per heavy atom. The fourth-order valence-corrected chi connectivity index (χ4v) is 3.34. The van der Waals surface area contributed by atoms with Gasteiger partial charge in [0.25, 0.3) is 10.2 Å². The Morgan fingerprint density at radius 3 is 2.68 bits per heavy atom. The van der Waals surface area contributed by atoms with Gasteiger partial charge in [0, 0.05) is 25.8 Å². The number of nitrogens with one attached hydrogen (secondary N) is 1. The highest BCUT2D eigenvalue weighted by molar-refractivity contribution is 7.87. The van der Waals surface area contributed by atoms with Gasteiger partial charge in [0.2, 0.25) is 0 Å². The summed E-state index contributed by atoms with van der Waals surface area (Å²) in [6, 6.07) is 0. The van der Waals surface area contributed by atoms with Crippen LogP contribution in [0, 0.1) is 5.92 Å². The summed E-state index contributed by atoms with van der Waals surface area (Å²) in [5.74, 6) is 0.446. The quantitative estimate of drug-likeness (QED) is 0.682. The van der Waals surface area contributed by atoms with E-state index in [0.29, 0.717) is 38.6 Å². The Balaban J connectivity index is 1.78. The molecule has 1 saturated heterocycles. The van der Waals surface area contributed by atoms with E-state index in [0.717, 1.165) is 12.8 Å². The second-order valence-electron chi connectivity index (χ2n) is 4.64. The summed E-state index contributed by atoms with van der Waals surface area (Å²) in [7, 11) is -3.39. The lowest BCUT2D eigenvalue weighted by molar-refractivity contribution is 0.275. The minimum Gasteiger partial charge on any atom is -0.330 e. The van der Waals surface area contributed by atoms with E-state index in [1.54, 1.807) is 17.1 Å². The van der Waals surface area contributed by atoms with Crippen LogP contribution in [-0.4, -0.2) is 53.9 Å². The SMILES string of the molecule is NCC1CCN(S(=O)(=O)NCCn2ccnn2)CC1. The first-order chi connectivity index (χ1) is 9.12. The molecule has 0 unspecified atom stereocenters. The number of aromatic nitrogens is 3. The van der Waals surface area contributed by atoms with Crippen LogP contribution in [0.3, 0.4) is 0 Å². The molecule has 3 N–H and O–H groups in total. The second kappa shape index (κ2) is 6.42. The van der Waals surface area contributed by atoms with Crippen LogP contribution in [0.4, 0.5) is 0 Å². The molecule has 0 saturated carbocycles. The lowest BCUT2D eigenvalue weighted by Gasteiger charge is -2.30. The van der Waals surface area contributed by atoms with E-state index in [1.807, 2.05) is 0 Å². The molecule has 2 rings (SSSR count). The molecule has 0 bridgehead atoms. The zero-order valence-electron chi connectivity index (χ0n) is 10.8. The third-order valence-electron chi connectivity index (χ3n) is 3.34. The molecule has 8 nitrogen and oxygen atoms in total. The van der Waals surface area contributed by atoms with E-state index in [9.17, 15) is 8.42 Å². The minimum atomic E-state index is -3.39. The van der Waals surface area contributed by atoms with Crippen molar-refractivity contribution in [1.29, 1.82) is 0 Å². The van der Waals surface area contributed by atoms with Crippen molar-refractivity contribution in [2.45, 2.75) is 19.4 Å².